The van der Waals surface area contributed by atoms with Gasteiger partial charge in [0.1, 0.15) is 0 Å². The highest BCUT2D eigenvalue weighted by Crippen LogP contribution is 2.19. The minimum atomic E-state index is 0.627. The molecule has 0 aliphatic carbocycles. The minimum Gasteiger partial charge on any atom is -0.481 e. The fraction of sp³-hybridized carbons (Fsp3) is 0.263. The normalized spacial score (nSPS) is 10.9. The first-order valence-corrected chi connectivity index (χ1v) is 8.47. The van der Waals surface area contributed by atoms with Crippen LogP contribution in [0.2, 0.25) is 5.02 Å². The third-order valence-electron chi connectivity index (χ3n) is 4.15. The second-order valence-electron chi connectivity index (χ2n) is 5.85. The van der Waals surface area contributed by atoms with Crippen LogP contribution in [0.25, 0.3) is 5.69 Å². The number of benzene rings is 1. The van der Waals surface area contributed by atoms with E-state index in [9.17, 15) is 0 Å². The summed E-state index contributed by atoms with van der Waals surface area (Å²) in [5, 5.41) is 8.86. The van der Waals surface area contributed by atoms with Crippen molar-refractivity contribution in [1.29, 1.82) is 0 Å². The zero-order valence-corrected chi connectivity index (χ0v) is 15.3. The van der Waals surface area contributed by atoms with Crippen molar-refractivity contribution in [3.05, 3.63) is 70.1 Å². The van der Waals surface area contributed by atoms with Gasteiger partial charge in [-0.25, -0.2) is 9.67 Å². The molecular formula is C19H21ClN4O. The van der Waals surface area contributed by atoms with Gasteiger partial charge in [-0.05, 0) is 49.7 Å². The number of nitrogens with one attached hydrogen (secondary N) is 1. The topological polar surface area (TPSA) is 52.0 Å². The number of hydrogen-bond acceptors (Lipinski definition) is 4. The van der Waals surface area contributed by atoms with E-state index < -0.39 is 0 Å². The van der Waals surface area contributed by atoms with Gasteiger partial charge in [-0.2, -0.15) is 5.10 Å². The second kappa shape index (κ2) is 7.68. The molecule has 25 heavy (non-hydrogen) atoms. The summed E-state index contributed by atoms with van der Waals surface area (Å²) >= 11 is 5.97. The molecule has 6 heteroatoms. The Morgan fingerprint density at radius 3 is 2.60 bits per heavy atom. The molecule has 1 aromatic carbocycles. The third kappa shape index (κ3) is 4.00. The first-order valence-electron chi connectivity index (χ1n) is 8.09. The summed E-state index contributed by atoms with van der Waals surface area (Å²) < 4.78 is 7.11. The van der Waals surface area contributed by atoms with Crippen LogP contribution in [0.5, 0.6) is 5.88 Å². The Balaban J connectivity index is 1.71. The number of ether oxygens (including phenoxy) is 1. The van der Waals surface area contributed by atoms with E-state index in [2.05, 4.69) is 22.3 Å². The Hall–Kier alpha value is -2.37. The van der Waals surface area contributed by atoms with E-state index in [0.29, 0.717) is 5.88 Å². The molecule has 0 atom stereocenters. The van der Waals surface area contributed by atoms with Crippen LogP contribution in [0.1, 0.15) is 22.5 Å². The van der Waals surface area contributed by atoms with Crippen molar-refractivity contribution >= 4 is 11.6 Å². The maximum Gasteiger partial charge on any atom is 0.213 e. The molecule has 0 amide bonds. The molecule has 0 spiro atoms. The predicted octanol–water partition coefficient (Wildman–Crippen LogP) is 3.84. The molecule has 0 aliphatic heterocycles. The molecule has 0 bridgehead atoms. The Morgan fingerprint density at radius 1 is 1.12 bits per heavy atom. The van der Waals surface area contributed by atoms with Crippen LogP contribution < -0.4 is 10.1 Å². The molecule has 0 aliphatic rings. The summed E-state index contributed by atoms with van der Waals surface area (Å²) in [7, 11) is 1.62. The Bertz CT molecular complexity index is 858. The average molecular weight is 357 g/mol. The van der Waals surface area contributed by atoms with Gasteiger partial charge in [0.2, 0.25) is 5.88 Å². The molecule has 3 aromatic rings. The number of hydrogen-bond donors (Lipinski definition) is 1. The third-order valence-corrected chi connectivity index (χ3v) is 4.40. The van der Waals surface area contributed by atoms with Gasteiger partial charge in [-0.15, -0.1) is 0 Å². The van der Waals surface area contributed by atoms with E-state index in [1.165, 1.54) is 5.56 Å². The predicted molar refractivity (Wildman–Crippen MR) is 99.4 cm³/mol. The van der Waals surface area contributed by atoms with Crippen molar-refractivity contribution in [3.63, 3.8) is 0 Å². The molecule has 0 radical (unpaired) electrons. The largest absolute Gasteiger partial charge is 0.481 e. The highest BCUT2D eigenvalue weighted by molar-refractivity contribution is 6.30. The lowest BCUT2D eigenvalue weighted by Crippen LogP contribution is -2.14. The standard InChI is InChI=1S/C19H21ClN4O/c1-13-18(12-21-11-15-8-9-22-19(10-15)25-3)14(2)24(23-13)17-6-4-16(20)5-7-17/h4-10,21H,11-12H2,1-3H3. The quantitative estimate of drug-likeness (QED) is 0.729. The number of nitrogens with zero attached hydrogens (tertiary/aromatic N) is 3. The lowest BCUT2D eigenvalue weighted by molar-refractivity contribution is 0.397. The minimum absolute atomic E-state index is 0.627. The second-order valence-corrected chi connectivity index (χ2v) is 6.28. The van der Waals surface area contributed by atoms with Gasteiger partial charge in [0.15, 0.2) is 0 Å². The maximum absolute atomic E-state index is 5.97. The number of aromatic nitrogens is 3. The van der Waals surface area contributed by atoms with Crippen LogP contribution in [0.15, 0.2) is 42.6 Å². The SMILES string of the molecule is COc1cc(CNCc2c(C)nn(-c3ccc(Cl)cc3)c2C)ccn1. The molecule has 5 nitrogen and oxygen atoms in total. The molecule has 0 saturated heterocycles. The van der Waals surface area contributed by atoms with Crippen LogP contribution in [-0.2, 0) is 13.1 Å². The zero-order chi connectivity index (χ0) is 17.8. The fourth-order valence-electron chi connectivity index (χ4n) is 2.77. The Kier molecular flexibility index (Phi) is 5.36. The molecule has 2 heterocycles. The highest BCUT2D eigenvalue weighted by Gasteiger charge is 2.12. The lowest BCUT2D eigenvalue weighted by atomic mass is 10.2. The van der Waals surface area contributed by atoms with Gasteiger partial charge >= 0.3 is 0 Å². The monoisotopic (exact) mass is 356 g/mol. The van der Waals surface area contributed by atoms with Crippen LogP contribution in [0.3, 0.4) is 0 Å². The summed E-state index contributed by atoms with van der Waals surface area (Å²) in [6, 6.07) is 11.6. The first kappa shape index (κ1) is 17.5. The Labute approximate surface area is 152 Å². The highest BCUT2D eigenvalue weighted by atomic mass is 35.5. The van der Waals surface area contributed by atoms with E-state index in [1.54, 1.807) is 13.3 Å². The summed E-state index contributed by atoms with van der Waals surface area (Å²) in [6.07, 6.45) is 1.75. The van der Waals surface area contributed by atoms with Crippen molar-refractivity contribution in [3.8, 4) is 11.6 Å². The smallest absolute Gasteiger partial charge is 0.213 e. The average Bonchev–Trinajstić information content (AvgIpc) is 2.91. The van der Waals surface area contributed by atoms with Crippen molar-refractivity contribution in [2.75, 3.05) is 7.11 Å². The van der Waals surface area contributed by atoms with Crippen LogP contribution in [0.4, 0.5) is 0 Å². The number of halogens is 1. The lowest BCUT2D eigenvalue weighted by Gasteiger charge is -2.08. The van der Waals surface area contributed by atoms with Crippen molar-refractivity contribution in [1.82, 2.24) is 20.1 Å². The number of pyridine rings is 1. The van der Waals surface area contributed by atoms with Crippen molar-refractivity contribution in [2.24, 2.45) is 0 Å². The molecule has 2 aromatic heterocycles. The van der Waals surface area contributed by atoms with Gasteiger partial charge in [-0.3, -0.25) is 0 Å². The van der Waals surface area contributed by atoms with Crippen LogP contribution in [0, 0.1) is 13.8 Å². The van der Waals surface area contributed by atoms with Crippen LogP contribution >= 0.6 is 11.6 Å². The van der Waals surface area contributed by atoms with E-state index in [-0.39, 0.29) is 0 Å². The van der Waals surface area contributed by atoms with Gasteiger partial charge in [0.05, 0.1) is 18.5 Å². The molecule has 3 rings (SSSR count). The molecule has 0 unspecified atom stereocenters. The van der Waals surface area contributed by atoms with Gasteiger partial charge in [0, 0.05) is 41.6 Å². The Morgan fingerprint density at radius 2 is 1.88 bits per heavy atom. The van der Waals surface area contributed by atoms with E-state index in [4.69, 9.17) is 16.3 Å². The molecule has 0 fully saturated rings. The molecule has 1 N–H and O–H groups in total. The summed E-state index contributed by atoms with van der Waals surface area (Å²) in [5.74, 6) is 0.627. The first-order chi connectivity index (χ1) is 12.1. The van der Waals surface area contributed by atoms with Crippen molar-refractivity contribution < 1.29 is 4.74 Å². The van der Waals surface area contributed by atoms with Crippen LogP contribution in [-0.4, -0.2) is 21.9 Å². The van der Waals surface area contributed by atoms with Gasteiger partial charge in [0.25, 0.3) is 0 Å². The van der Waals surface area contributed by atoms with E-state index in [1.807, 2.05) is 48.0 Å². The van der Waals surface area contributed by atoms with Gasteiger partial charge in [-0.1, -0.05) is 11.6 Å². The van der Waals surface area contributed by atoms with E-state index in [0.717, 1.165) is 40.8 Å². The summed E-state index contributed by atoms with van der Waals surface area (Å²) in [4.78, 5) is 4.12. The fourth-order valence-corrected chi connectivity index (χ4v) is 2.89. The zero-order valence-electron chi connectivity index (χ0n) is 14.6. The van der Waals surface area contributed by atoms with E-state index >= 15 is 0 Å². The molecule has 0 saturated carbocycles. The molecular weight excluding hydrogens is 336 g/mol. The number of methoxy groups -OCH3 is 1. The number of aryl methyl sites for hydroxylation is 1. The maximum atomic E-state index is 5.97. The summed E-state index contributed by atoms with van der Waals surface area (Å²) in [6.45, 7) is 5.60. The van der Waals surface area contributed by atoms with Gasteiger partial charge < -0.3 is 10.1 Å². The number of rotatable bonds is 6. The summed E-state index contributed by atoms with van der Waals surface area (Å²) in [5.41, 5.74) is 5.49. The molecule has 130 valence electrons. The van der Waals surface area contributed by atoms with Crippen molar-refractivity contribution in [2.45, 2.75) is 26.9 Å².